The lowest BCUT2D eigenvalue weighted by Crippen LogP contribution is -2.42. The SMILES string of the molecule is CC1(C)OB(c2cccc(N3CCc4cc(C5CC5)ccc4C3=O)c2CCC(=O)O)OC1(C)C. The normalized spacial score (nSPS) is 21.0. The van der Waals surface area contributed by atoms with Crippen LogP contribution < -0.4 is 10.4 Å². The van der Waals surface area contributed by atoms with Gasteiger partial charge in [-0.2, -0.15) is 0 Å². The van der Waals surface area contributed by atoms with E-state index in [9.17, 15) is 14.7 Å². The number of aliphatic carboxylic acids is 1. The van der Waals surface area contributed by atoms with Crippen molar-refractivity contribution in [1.82, 2.24) is 0 Å². The van der Waals surface area contributed by atoms with Crippen LogP contribution in [0.5, 0.6) is 0 Å². The van der Waals surface area contributed by atoms with E-state index in [2.05, 4.69) is 12.1 Å². The summed E-state index contributed by atoms with van der Waals surface area (Å²) in [5.74, 6) is -0.263. The first-order valence-electron chi connectivity index (χ1n) is 12.2. The van der Waals surface area contributed by atoms with Gasteiger partial charge >= 0.3 is 13.1 Å². The molecule has 0 unspecified atom stereocenters. The second-order valence-corrected chi connectivity index (χ2v) is 10.7. The third-order valence-electron chi connectivity index (χ3n) is 7.83. The highest BCUT2D eigenvalue weighted by molar-refractivity contribution is 6.62. The van der Waals surface area contributed by atoms with Gasteiger partial charge in [-0.1, -0.05) is 24.3 Å². The summed E-state index contributed by atoms with van der Waals surface area (Å²) in [7, 11) is -0.623. The van der Waals surface area contributed by atoms with E-state index < -0.39 is 24.3 Å². The summed E-state index contributed by atoms with van der Waals surface area (Å²) in [6.07, 6.45) is 3.50. The average Bonchev–Trinajstić information content (AvgIpc) is 3.59. The minimum atomic E-state index is -0.877. The molecule has 0 atom stereocenters. The Morgan fingerprint density at radius 2 is 1.82 bits per heavy atom. The minimum absolute atomic E-state index is 0.0348. The van der Waals surface area contributed by atoms with Gasteiger partial charge in [-0.25, -0.2) is 0 Å². The molecule has 1 saturated heterocycles. The molecule has 0 spiro atoms. The molecule has 34 heavy (non-hydrogen) atoms. The van der Waals surface area contributed by atoms with Crippen molar-refractivity contribution in [1.29, 1.82) is 0 Å². The van der Waals surface area contributed by atoms with Gasteiger partial charge < -0.3 is 19.3 Å². The molecular formula is C27H32BNO5. The predicted molar refractivity (Wildman–Crippen MR) is 132 cm³/mol. The number of hydrogen-bond acceptors (Lipinski definition) is 4. The van der Waals surface area contributed by atoms with Crippen LogP contribution in [0, 0.1) is 0 Å². The van der Waals surface area contributed by atoms with Crippen molar-refractivity contribution < 1.29 is 24.0 Å². The fourth-order valence-corrected chi connectivity index (χ4v) is 4.95. The first-order chi connectivity index (χ1) is 16.1. The lowest BCUT2D eigenvalue weighted by Gasteiger charge is -2.32. The summed E-state index contributed by atoms with van der Waals surface area (Å²) >= 11 is 0. The highest BCUT2D eigenvalue weighted by Crippen LogP contribution is 2.41. The molecule has 1 saturated carbocycles. The van der Waals surface area contributed by atoms with E-state index in [-0.39, 0.29) is 12.3 Å². The highest BCUT2D eigenvalue weighted by Gasteiger charge is 2.52. The Hall–Kier alpha value is -2.64. The van der Waals surface area contributed by atoms with Crippen LogP contribution >= 0.6 is 0 Å². The Morgan fingerprint density at radius 1 is 1.12 bits per heavy atom. The van der Waals surface area contributed by atoms with Gasteiger partial charge in [0.2, 0.25) is 0 Å². The molecule has 0 bridgehead atoms. The van der Waals surface area contributed by atoms with E-state index >= 15 is 0 Å². The molecule has 2 heterocycles. The standard InChI is InChI=1S/C27H32BNO5/c1-26(2)27(3,4)34-28(33-26)22-6-5-7-23(21(22)12-13-24(30)31)29-15-14-19-16-18(17-8-9-17)10-11-20(19)25(29)32/h5-7,10-11,16-17H,8-9,12-15H2,1-4H3,(H,30,31). The van der Waals surface area contributed by atoms with Crippen LogP contribution in [0.2, 0.25) is 0 Å². The van der Waals surface area contributed by atoms with Crippen LogP contribution in [-0.4, -0.2) is 41.8 Å². The average molecular weight is 461 g/mol. The van der Waals surface area contributed by atoms with E-state index in [0.29, 0.717) is 18.9 Å². The monoisotopic (exact) mass is 461 g/mol. The third-order valence-corrected chi connectivity index (χ3v) is 7.83. The summed E-state index contributed by atoms with van der Waals surface area (Å²) < 4.78 is 12.6. The van der Waals surface area contributed by atoms with E-state index in [4.69, 9.17) is 9.31 Å². The van der Waals surface area contributed by atoms with Crippen molar-refractivity contribution >= 4 is 30.1 Å². The Morgan fingerprint density at radius 3 is 2.47 bits per heavy atom. The summed E-state index contributed by atoms with van der Waals surface area (Å²) in [5.41, 5.74) is 4.49. The van der Waals surface area contributed by atoms with Crippen LogP contribution in [0.1, 0.15) is 79.9 Å². The molecule has 1 amide bonds. The Bertz CT molecular complexity index is 1140. The van der Waals surface area contributed by atoms with Gasteiger partial charge in [0.25, 0.3) is 5.91 Å². The van der Waals surface area contributed by atoms with E-state index in [0.717, 1.165) is 34.3 Å². The number of carbonyl (C=O) groups excluding carboxylic acids is 1. The van der Waals surface area contributed by atoms with Crippen molar-refractivity contribution in [2.75, 3.05) is 11.4 Å². The molecule has 2 fully saturated rings. The van der Waals surface area contributed by atoms with Crippen molar-refractivity contribution in [2.24, 2.45) is 0 Å². The summed E-state index contributed by atoms with van der Waals surface area (Å²) in [4.78, 5) is 26.9. The molecule has 0 radical (unpaired) electrons. The third kappa shape index (κ3) is 4.05. The molecule has 5 rings (SSSR count). The number of carboxylic acid groups (broad SMARTS) is 1. The Balaban J connectivity index is 1.51. The second kappa shape index (κ2) is 8.24. The summed E-state index contributed by atoms with van der Waals surface area (Å²) in [5, 5.41) is 9.41. The molecule has 1 aliphatic carbocycles. The highest BCUT2D eigenvalue weighted by atomic mass is 16.7. The fourth-order valence-electron chi connectivity index (χ4n) is 4.95. The Kier molecular flexibility index (Phi) is 5.61. The van der Waals surface area contributed by atoms with Gasteiger partial charge in [0.15, 0.2) is 0 Å². The van der Waals surface area contributed by atoms with Gasteiger partial charge in [-0.05, 0) is 93.6 Å². The number of nitrogens with zero attached hydrogens (tertiary/aromatic N) is 1. The summed E-state index contributed by atoms with van der Waals surface area (Å²) in [6, 6.07) is 12.0. The first kappa shape index (κ1) is 23.1. The van der Waals surface area contributed by atoms with Crippen LogP contribution in [0.25, 0.3) is 0 Å². The maximum Gasteiger partial charge on any atom is 0.495 e. The molecule has 1 N–H and O–H groups in total. The van der Waals surface area contributed by atoms with Crippen LogP contribution in [-0.2, 0) is 26.9 Å². The van der Waals surface area contributed by atoms with Crippen LogP contribution in [0.3, 0.4) is 0 Å². The number of carbonyl (C=O) groups is 2. The molecule has 0 aromatic heterocycles. The second-order valence-electron chi connectivity index (χ2n) is 10.7. The maximum absolute atomic E-state index is 13.6. The minimum Gasteiger partial charge on any atom is -0.481 e. The van der Waals surface area contributed by atoms with Gasteiger partial charge in [-0.3, -0.25) is 9.59 Å². The zero-order chi connectivity index (χ0) is 24.3. The van der Waals surface area contributed by atoms with Gasteiger partial charge in [-0.15, -0.1) is 0 Å². The van der Waals surface area contributed by atoms with E-state index in [1.54, 1.807) is 4.90 Å². The van der Waals surface area contributed by atoms with Crippen LogP contribution in [0.4, 0.5) is 5.69 Å². The first-order valence-corrected chi connectivity index (χ1v) is 12.2. The molecule has 7 heteroatoms. The number of amides is 1. The quantitative estimate of drug-likeness (QED) is 0.657. The maximum atomic E-state index is 13.6. The topological polar surface area (TPSA) is 76.1 Å². The van der Waals surface area contributed by atoms with Gasteiger partial charge in [0.05, 0.1) is 11.2 Å². The zero-order valence-corrected chi connectivity index (χ0v) is 20.4. The van der Waals surface area contributed by atoms with Gasteiger partial charge in [0.1, 0.15) is 0 Å². The number of benzene rings is 2. The molecule has 2 aromatic carbocycles. The number of anilines is 1. The number of rotatable bonds is 6. The largest absolute Gasteiger partial charge is 0.495 e. The fraction of sp³-hybridized carbons (Fsp3) is 0.481. The van der Waals surface area contributed by atoms with Crippen molar-refractivity contribution in [2.45, 2.75) is 76.9 Å². The van der Waals surface area contributed by atoms with Crippen molar-refractivity contribution in [3.63, 3.8) is 0 Å². The zero-order valence-electron chi connectivity index (χ0n) is 20.4. The smallest absolute Gasteiger partial charge is 0.481 e. The summed E-state index contributed by atoms with van der Waals surface area (Å²) in [6.45, 7) is 8.54. The lowest BCUT2D eigenvalue weighted by molar-refractivity contribution is -0.136. The number of hydrogen-bond donors (Lipinski definition) is 1. The number of carboxylic acids is 1. The molecular weight excluding hydrogens is 429 g/mol. The van der Waals surface area contributed by atoms with Crippen molar-refractivity contribution in [3.8, 4) is 0 Å². The van der Waals surface area contributed by atoms with E-state index in [1.807, 2.05) is 52.0 Å². The van der Waals surface area contributed by atoms with Gasteiger partial charge in [0, 0.05) is 24.2 Å². The van der Waals surface area contributed by atoms with E-state index in [1.165, 1.54) is 18.4 Å². The Labute approximate surface area is 201 Å². The molecule has 178 valence electrons. The molecule has 2 aliphatic heterocycles. The molecule has 3 aliphatic rings. The lowest BCUT2D eigenvalue weighted by atomic mass is 9.74. The van der Waals surface area contributed by atoms with Crippen LogP contribution in [0.15, 0.2) is 36.4 Å². The molecule has 2 aromatic rings. The predicted octanol–water partition coefficient (Wildman–Crippen LogP) is 4.08. The number of fused-ring (bicyclic) bond motifs is 1. The molecule has 6 nitrogen and oxygen atoms in total. The van der Waals surface area contributed by atoms with Crippen molar-refractivity contribution in [3.05, 3.63) is 58.7 Å².